The molecule has 2 aromatic rings. The number of H-pyrrole nitrogens is 1. The van der Waals surface area contributed by atoms with Crippen LogP contribution in [0.4, 0.5) is 14.7 Å². The lowest BCUT2D eigenvalue weighted by Gasteiger charge is -2.28. The second kappa shape index (κ2) is 6.10. The topological polar surface area (TPSA) is 49.0 Å². The molecular formula is C17H21F2N3O. The van der Waals surface area contributed by atoms with Gasteiger partial charge in [0.2, 0.25) is 5.95 Å². The molecular weight excluding hydrogens is 300 g/mol. The fraction of sp³-hybridized carbons (Fsp3) is 0.412. The maximum Gasteiger partial charge on any atom is 0.255 e. The van der Waals surface area contributed by atoms with Crippen molar-refractivity contribution in [1.82, 2.24) is 9.97 Å². The molecule has 0 aliphatic rings. The van der Waals surface area contributed by atoms with Gasteiger partial charge in [-0.15, -0.1) is 0 Å². The fourth-order valence-corrected chi connectivity index (χ4v) is 2.67. The normalized spacial score (nSPS) is 11.6. The molecule has 1 aromatic carbocycles. The molecule has 0 aliphatic carbocycles. The third kappa shape index (κ3) is 2.98. The van der Waals surface area contributed by atoms with Crippen LogP contribution in [0.5, 0.6) is 0 Å². The molecule has 2 rings (SSSR count). The molecule has 124 valence electrons. The summed E-state index contributed by atoms with van der Waals surface area (Å²) in [5, 5.41) is 0. The Morgan fingerprint density at radius 3 is 2.35 bits per heavy atom. The second-order valence-electron chi connectivity index (χ2n) is 6.10. The molecule has 0 atom stereocenters. The van der Waals surface area contributed by atoms with E-state index < -0.39 is 17.0 Å². The molecule has 4 nitrogen and oxygen atoms in total. The monoisotopic (exact) mass is 321 g/mol. The second-order valence-corrected chi connectivity index (χ2v) is 6.10. The highest BCUT2D eigenvalue weighted by molar-refractivity contribution is 5.42. The molecule has 1 N–H and O–H groups in total. The number of nitrogens with zero attached hydrogens (tertiary/aromatic N) is 2. The summed E-state index contributed by atoms with van der Waals surface area (Å²) in [4.78, 5) is 21.1. The van der Waals surface area contributed by atoms with Crippen LogP contribution in [0.25, 0.3) is 0 Å². The Morgan fingerprint density at radius 2 is 1.83 bits per heavy atom. The van der Waals surface area contributed by atoms with E-state index in [9.17, 15) is 13.6 Å². The number of nitrogens with one attached hydrogen (secondary N) is 1. The van der Waals surface area contributed by atoms with Crippen LogP contribution in [0.2, 0.25) is 0 Å². The third-order valence-corrected chi connectivity index (χ3v) is 4.15. The summed E-state index contributed by atoms with van der Waals surface area (Å²) < 4.78 is 28.5. The van der Waals surface area contributed by atoms with E-state index in [-0.39, 0.29) is 11.1 Å². The van der Waals surface area contributed by atoms with E-state index in [0.29, 0.717) is 23.8 Å². The quantitative estimate of drug-likeness (QED) is 0.941. The summed E-state index contributed by atoms with van der Waals surface area (Å²) in [7, 11) is 1.79. The Bertz CT molecular complexity index is 764. The lowest BCUT2D eigenvalue weighted by atomic mass is 9.79. The van der Waals surface area contributed by atoms with E-state index >= 15 is 0 Å². The third-order valence-electron chi connectivity index (χ3n) is 4.15. The van der Waals surface area contributed by atoms with Crippen molar-refractivity contribution < 1.29 is 8.78 Å². The predicted molar refractivity (Wildman–Crippen MR) is 87.0 cm³/mol. The van der Waals surface area contributed by atoms with Crippen LogP contribution < -0.4 is 10.5 Å². The molecule has 0 aliphatic heterocycles. The first kappa shape index (κ1) is 17.1. The molecule has 0 spiro atoms. The Balaban J connectivity index is 2.73. The number of rotatable bonds is 4. The molecule has 0 amide bonds. The van der Waals surface area contributed by atoms with Gasteiger partial charge in [-0.3, -0.25) is 9.78 Å². The average molecular weight is 321 g/mol. The Hall–Kier alpha value is -2.24. The number of aromatic amines is 1. The van der Waals surface area contributed by atoms with Crippen molar-refractivity contribution in [3.8, 4) is 0 Å². The number of anilines is 1. The van der Waals surface area contributed by atoms with Gasteiger partial charge in [-0.25, -0.2) is 13.8 Å². The van der Waals surface area contributed by atoms with E-state index in [1.807, 2.05) is 6.92 Å². The van der Waals surface area contributed by atoms with Gasteiger partial charge >= 0.3 is 0 Å². The highest BCUT2D eigenvalue weighted by Crippen LogP contribution is 2.35. The van der Waals surface area contributed by atoms with Crippen molar-refractivity contribution >= 4 is 5.95 Å². The van der Waals surface area contributed by atoms with Crippen LogP contribution in [-0.2, 0) is 5.41 Å². The molecule has 23 heavy (non-hydrogen) atoms. The zero-order valence-corrected chi connectivity index (χ0v) is 14.0. The number of hydrogen-bond donors (Lipinski definition) is 1. The van der Waals surface area contributed by atoms with Gasteiger partial charge in [0.1, 0.15) is 11.6 Å². The van der Waals surface area contributed by atoms with Crippen LogP contribution in [0.1, 0.15) is 37.6 Å². The van der Waals surface area contributed by atoms with Gasteiger partial charge < -0.3 is 4.90 Å². The minimum atomic E-state index is -1.09. The van der Waals surface area contributed by atoms with Crippen LogP contribution in [-0.4, -0.2) is 23.6 Å². The van der Waals surface area contributed by atoms with Gasteiger partial charge in [-0.2, -0.15) is 0 Å². The van der Waals surface area contributed by atoms with Gasteiger partial charge in [-0.05, 0) is 39.8 Å². The predicted octanol–water partition coefficient (Wildman–Crippen LogP) is 3.14. The van der Waals surface area contributed by atoms with E-state index in [4.69, 9.17) is 0 Å². The lowest BCUT2D eigenvalue weighted by Crippen LogP contribution is -2.32. The zero-order valence-electron chi connectivity index (χ0n) is 14.0. The molecule has 0 saturated carbocycles. The van der Waals surface area contributed by atoms with Crippen molar-refractivity contribution in [2.45, 2.75) is 33.1 Å². The van der Waals surface area contributed by atoms with Crippen molar-refractivity contribution in [2.75, 3.05) is 18.5 Å². The molecule has 0 radical (unpaired) electrons. The zero-order chi connectivity index (χ0) is 17.4. The Labute approximate surface area is 134 Å². The van der Waals surface area contributed by atoms with Gasteiger partial charge in [0, 0.05) is 30.1 Å². The van der Waals surface area contributed by atoms with Gasteiger partial charge in [-0.1, -0.05) is 6.07 Å². The summed E-state index contributed by atoms with van der Waals surface area (Å²) in [6, 6.07) is 3.74. The molecule has 1 heterocycles. The molecule has 0 saturated heterocycles. The highest BCUT2D eigenvalue weighted by atomic mass is 19.1. The summed E-state index contributed by atoms with van der Waals surface area (Å²) in [6.45, 7) is 7.50. The lowest BCUT2D eigenvalue weighted by molar-refractivity contribution is 0.486. The first-order valence-electron chi connectivity index (χ1n) is 7.47. The largest absolute Gasteiger partial charge is 0.346 e. The van der Waals surface area contributed by atoms with Crippen LogP contribution in [0, 0.1) is 18.6 Å². The molecule has 1 aromatic heterocycles. The maximum absolute atomic E-state index is 14.2. The highest BCUT2D eigenvalue weighted by Gasteiger charge is 2.33. The van der Waals surface area contributed by atoms with Gasteiger partial charge in [0.25, 0.3) is 5.56 Å². The number of hydrogen-bond acceptors (Lipinski definition) is 3. The average Bonchev–Trinajstić information content (AvgIpc) is 2.48. The van der Waals surface area contributed by atoms with Crippen LogP contribution >= 0.6 is 0 Å². The minimum absolute atomic E-state index is 0.0914. The van der Waals surface area contributed by atoms with E-state index in [1.54, 1.807) is 32.7 Å². The molecule has 0 bridgehead atoms. The first-order chi connectivity index (χ1) is 10.7. The molecule has 0 fully saturated rings. The number of aromatic nitrogens is 2. The summed E-state index contributed by atoms with van der Waals surface area (Å²) >= 11 is 0. The summed E-state index contributed by atoms with van der Waals surface area (Å²) in [5.41, 5.74) is -0.773. The SMILES string of the molecule is CCN(C)c1nc(C(C)(C)c2c(F)cccc2F)c(C)c(=O)[nH]1. The summed E-state index contributed by atoms with van der Waals surface area (Å²) in [6.07, 6.45) is 0. The number of benzene rings is 1. The van der Waals surface area contributed by atoms with Crippen LogP contribution in [0.3, 0.4) is 0 Å². The fourth-order valence-electron chi connectivity index (χ4n) is 2.67. The first-order valence-corrected chi connectivity index (χ1v) is 7.47. The van der Waals surface area contributed by atoms with Crippen molar-refractivity contribution in [2.24, 2.45) is 0 Å². The van der Waals surface area contributed by atoms with E-state index in [0.717, 1.165) is 0 Å². The van der Waals surface area contributed by atoms with Gasteiger partial charge in [0.05, 0.1) is 5.69 Å². The Morgan fingerprint density at radius 1 is 1.26 bits per heavy atom. The molecule has 0 unspecified atom stereocenters. The van der Waals surface area contributed by atoms with Crippen molar-refractivity contribution in [3.63, 3.8) is 0 Å². The van der Waals surface area contributed by atoms with E-state index in [1.165, 1.54) is 18.2 Å². The van der Waals surface area contributed by atoms with Gasteiger partial charge in [0.15, 0.2) is 0 Å². The summed E-state index contributed by atoms with van der Waals surface area (Å²) in [5.74, 6) is -0.924. The van der Waals surface area contributed by atoms with Crippen LogP contribution in [0.15, 0.2) is 23.0 Å². The van der Waals surface area contributed by atoms with E-state index in [2.05, 4.69) is 9.97 Å². The Kier molecular flexibility index (Phi) is 4.54. The standard InChI is InChI=1S/C17H21F2N3O/c1-6-22(5)16-20-14(10(2)15(23)21-16)17(3,4)13-11(18)8-7-9-12(13)19/h7-9H,6H2,1-5H3,(H,20,21,23). The van der Waals surface area contributed by atoms with Crippen molar-refractivity contribution in [3.05, 3.63) is 57.0 Å². The number of halogens is 2. The minimum Gasteiger partial charge on any atom is -0.346 e. The molecule has 6 heteroatoms. The maximum atomic E-state index is 14.2. The van der Waals surface area contributed by atoms with Crippen molar-refractivity contribution in [1.29, 1.82) is 0 Å². The smallest absolute Gasteiger partial charge is 0.255 e.